The van der Waals surface area contributed by atoms with Gasteiger partial charge in [0.2, 0.25) is 0 Å². The fraction of sp³-hybridized carbons (Fsp3) is 0.800. The van der Waals surface area contributed by atoms with Gasteiger partial charge >= 0.3 is 0 Å². The molecular weight excluding hydrogens is 274 g/mol. The highest BCUT2D eigenvalue weighted by Crippen LogP contribution is 2.34. The number of rotatable bonds is 5. The number of ether oxygens (including phenoxy) is 1. The molecule has 1 aliphatic heterocycles. The van der Waals surface area contributed by atoms with Crippen LogP contribution in [0.1, 0.15) is 38.1 Å². The molecule has 0 aromatic carbocycles. The highest BCUT2D eigenvalue weighted by molar-refractivity contribution is 6.31. The number of hydrogen-bond donors (Lipinski definition) is 1. The maximum atomic E-state index is 6.41. The highest BCUT2D eigenvalue weighted by atomic mass is 35.5. The molecular formula is C15H26ClN3O. The highest BCUT2D eigenvalue weighted by Gasteiger charge is 2.35. The molecule has 1 aromatic rings. The predicted octanol–water partition coefficient (Wildman–Crippen LogP) is 2.72. The normalized spacial score (nSPS) is 23.5. The van der Waals surface area contributed by atoms with Crippen LogP contribution in [0.2, 0.25) is 5.02 Å². The van der Waals surface area contributed by atoms with Crippen molar-refractivity contribution in [2.24, 2.45) is 12.5 Å². The van der Waals surface area contributed by atoms with Crippen molar-refractivity contribution < 1.29 is 4.74 Å². The van der Waals surface area contributed by atoms with Crippen molar-refractivity contribution in [2.75, 3.05) is 19.8 Å². The Bertz CT molecular complexity index is 450. The van der Waals surface area contributed by atoms with Crippen LogP contribution in [0.25, 0.3) is 0 Å². The van der Waals surface area contributed by atoms with Crippen LogP contribution in [-0.4, -0.2) is 35.6 Å². The Morgan fingerprint density at radius 1 is 1.50 bits per heavy atom. The van der Waals surface area contributed by atoms with Crippen LogP contribution in [0.5, 0.6) is 0 Å². The van der Waals surface area contributed by atoms with Crippen molar-refractivity contribution in [1.29, 1.82) is 0 Å². The molecule has 0 spiro atoms. The Morgan fingerprint density at radius 2 is 2.25 bits per heavy atom. The van der Waals surface area contributed by atoms with Gasteiger partial charge in [-0.1, -0.05) is 25.4 Å². The average Bonchev–Trinajstić information content (AvgIpc) is 2.64. The SMILES string of the molecule is Cc1nn(C)c(CC2(CNC(C)C)CCCOC2)c1Cl. The van der Waals surface area contributed by atoms with E-state index in [1.165, 1.54) is 6.42 Å². The van der Waals surface area contributed by atoms with E-state index in [4.69, 9.17) is 16.3 Å². The number of aryl methyl sites for hydroxylation is 2. The molecule has 1 aromatic heterocycles. The molecule has 1 fully saturated rings. The van der Waals surface area contributed by atoms with E-state index in [0.29, 0.717) is 6.04 Å². The number of nitrogens with one attached hydrogen (secondary N) is 1. The van der Waals surface area contributed by atoms with Gasteiger partial charge in [0.05, 0.1) is 23.0 Å². The van der Waals surface area contributed by atoms with E-state index in [-0.39, 0.29) is 5.41 Å². The lowest BCUT2D eigenvalue weighted by atomic mass is 9.78. The summed E-state index contributed by atoms with van der Waals surface area (Å²) in [6, 6.07) is 0.484. The third-order valence-electron chi connectivity index (χ3n) is 4.09. The average molecular weight is 300 g/mol. The first-order valence-electron chi connectivity index (χ1n) is 7.43. The summed E-state index contributed by atoms with van der Waals surface area (Å²) in [7, 11) is 1.97. The molecule has 1 saturated heterocycles. The second-order valence-corrected chi connectivity index (χ2v) is 6.72. The summed E-state index contributed by atoms with van der Waals surface area (Å²) in [5.41, 5.74) is 2.17. The molecule has 1 N–H and O–H groups in total. The maximum Gasteiger partial charge on any atom is 0.0847 e. The summed E-state index contributed by atoms with van der Waals surface area (Å²) in [6.07, 6.45) is 3.21. The zero-order valence-corrected chi connectivity index (χ0v) is 13.8. The van der Waals surface area contributed by atoms with Crippen LogP contribution < -0.4 is 5.32 Å². The Morgan fingerprint density at radius 3 is 2.75 bits per heavy atom. The molecule has 114 valence electrons. The first kappa shape index (κ1) is 15.8. The molecule has 5 heteroatoms. The van der Waals surface area contributed by atoms with Gasteiger partial charge in [0.15, 0.2) is 0 Å². The number of aromatic nitrogens is 2. The van der Waals surface area contributed by atoms with Gasteiger partial charge in [0.25, 0.3) is 0 Å². The standard InChI is InChI=1S/C15H26ClN3O/c1-11(2)17-9-15(6-5-7-20-10-15)8-13-14(16)12(3)18-19(13)4/h11,17H,5-10H2,1-4H3. The minimum absolute atomic E-state index is 0.131. The molecule has 0 aliphatic carbocycles. The fourth-order valence-electron chi connectivity index (χ4n) is 2.90. The van der Waals surface area contributed by atoms with Crippen LogP contribution >= 0.6 is 11.6 Å². The van der Waals surface area contributed by atoms with Gasteiger partial charge in [-0.2, -0.15) is 5.10 Å². The molecule has 1 unspecified atom stereocenters. The number of nitrogens with zero attached hydrogens (tertiary/aromatic N) is 2. The third-order valence-corrected chi connectivity index (χ3v) is 4.59. The summed E-state index contributed by atoms with van der Waals surface area (Å²) in [5.74, 6) is 0. The molecule has 4 nitrogen and oxygen atoms in total. The van der Waals surface area contributed by atoms with Crippen molar-refractivity contribution in [3.8, 4) is 0 Å². The second-order valence-electron chi connectivity index (χ2n) is 6.34. The predicted molar refractivity (Wildman–Crippen MR) is 82.3 cm³/mol. The number of hydrogen-bond acceptors (Lipinski definition) is 3. The largest absolute Gasteiger partial charge is 0.381 e. The van der Waals surface area contributed by atoms with E-state index >= 15 is 0 Å². The lowest BCUT2D eigenvalue weighted by Gasteiger charge is -2.38. The molecule has 20 heavy (non-hydrogen) atoms. The zero-order chi connectivity index (χ0) is 14.8. The molecule has 0 radical (unpaired) electrons. The van der Waals surface area contributed by atoms with Crippen molar-refractivity contribution in [2.45, 2.75) is 46.1 Å². The van der Waals surface area contributed by atoms with Crippen LogP contribution in [0, 0.1) is 12.3 Å². The van der Waals surface area contributed by atoms with Gasteiger partial charge in [-0.25, -0.2) is 0 Å². The summed E-state index contributed by atoms with van der Waals surface area (Å²) in [6.45, 7) is 8.96. The molecule has 1 atom stereocenters. The summed E-state index contributed by atoms with van der Waals surface area (Å²) >= 11 is 6.41. The number of halogens is 1. The molecule has 0 saturated carbocycles. The van der Waals surface area contributed by atoms with Crippen molar-refractivity contribution in [3.63, 3.8) is 0 Å². The van der Waals surface area contributed by atoms with Crippen LogP contribution in [0.4, 0.5) is 0 Å². The van der Waals surface area contributed by atoms with Gasteiger partial charge in [-0.05, 0) is 26.2 Å². The topological polar surface area (TPSA) is 39.1 Å². The van der Waals surface area contributed by atoms with Crippen molar-refractivity contribution in [3.05, 3.63) is 16.4 Å². The summed E-state index contributed by atoms with van der Waals surface area (Å²) in [5, 5.41) is 8.80. The van der Waals surface area contributed by atoms with E-state index in [2.05, 4.69) is 24.3 Å². The molecule has 0 amide bonds. The molecule has 2 rings (SSSR count). The second kappa shape index (κ2) is 6.46. The van der Waals surface area contributed by atoms with E-state index in [0.717, 1.165) is 49.0 Å². The molecule has 0 bridgehead atoms. The Balaban J connectivity index is 2.18. The summed E-state index contributed by atoms with van der Waals surface area (Å²) in [4.78, 5) is 0. The maximum absolute atomic E-state index is 6.41. The van der Waals surface area contributed by atoms with Gasteiger partial charge < -0.3 is 10.1 Å². The van der Waals surface area contributed by atoms with E-state index in [1.807, 2.05) is 18.7 Å². The van der Waals surface area contributed by atoms with E-state index in [9.17, 15) is 0 Å². The minimum atomic E-state index is 0.131. The van der Waals surface area contributed by atoms with Gasteiger partial charge in [0.1, 0.15) is 0 Å². The fourth-order valence-corrected chi connectivity index (χ4v) is 3.13. The summed E-state index contributed by atoms with van der Waals surface area (Å²) < 4.78 is 7.68. The van der Waals surface area contributed by atoms with Crippen LogP contribution in [0.15, 0.2) is 0 Å². The lowest BCUT2D eigenvalue weighted by Crippen LogP contribution is -2.45. The first-order chi connectivity index (χ1) is 9.43. The van der Waals surface area contributed by atoms with Gasteiger partial charge in [-0.15, -0.1) is 0 Å². The Kier molecular flexibility index (Phi) is 5.10. The third kappa shape index (κ3) is 3.54. The first-order valence-corrected chi connectivity index (χ1v) is 7.80. The quantitative estimate of drug-likeness (QED) is 0.908. The molecule has 2 heterocycles. The van der Waals surface area contributed by atoms with E-state index in [1.54, 1.807) is 0 Å². The van der Waals surface area contributed by atoms with Crippen molar-refractivity contribution in [1.82, 2.24) is 15.1 Å². The van der Waals surface area contributed by atoms with Crippen LogP contribution in [-0.2, 0) is 18.2 Å². The van der Waals surface area contributed by atoms with Gasteiger partial charge in [0, 0.05) is 31.7 Å². The van der Waals surface area contributed by atoms with Crippen LogP contribution in [0.3, 0.4) is 0 Å². The van der Waals surface area contributed by atoms with Gasteiger partial charge in [-0.3, -0.25) is 4.68 Å². The Hall–Kier alpha value is -0.580. The zero-order valence-electron chi connectivity index (χ0n) is 13.0. The smallest absolute Gasteiger partial charge is 0.0847 e. The van der Waals surface area contributed by atoms with E-state index < -0.39 is 0 Å². The monoisotopic (exact) mass is 299 g/mol. The lowest BCUT2D eigenvalue weighted by molar-refractivity contribution is -0.00890. The molecule has 1 aliphatic rings. The Labute approximate surface area is 126 Å². The van der Waals surface area contributed by atoms with Crippen molar-refractivity contribution >= 4 is 11.6 Å². The minimum Gasteiger partial charge on any atom is -0.381 e.